The quantitative estimate of drug-likeness (QED) is 0.156. The number of hydrogen-bond donors (Lipinski definition) is 0. The van der Waals surface area contributed by atoms with E-state index in [1.54, 1.807) is 29.0 Å². The predicted octanol–water partition coefficient (Wildman–Crippen LogP) is 5.43. The summed E-state index contributed by atoms with van der Waals surface area (Å²) in [5.41, 5.74) is 2.33. The third kappa shape index (κ3) is 3.11. The Morgan fingerprint density at radius 3 is 2.84 bits per heavy atom. The van der Waals surface area contributed by atoms with Crippen molar-refractivity contribution >= 4 is 55.1 Å². The molecule has 0 spiro atoms. The van der Waals surface area contributed by atoms with Crippen molar-refractivity contribution in [1.82, 2.24) is 9.55 Å². The van der Waals surface area contributed by atoms with E-state index in [-0.39, 0.29) is 11.2 Å². The Balaban J connectivity index is 1.46. The van der Waals surface area contributed by atoms with Crippen molar-refractivity contribution in [1.29, 1.82) is 0 Å². The Bertz CT molecular complexity index is 1650. The standard InChI is InChI=1S/C25H20N2O3S2/c1-27-24(29)22-17-8-4-5-9-19(17)32-23(22)26-25(27)31-13-15-12-20(28)30-18-11-10-14-6-2-3-7-16(14)21(15)18/h2-3,6-7,10-12H,4-5,8-9,13H2,1H3. The summed E-state index contributed by atoms with van der Waals surface area (Å²) >= 11 is 3.15. The Kier molecular flexibility index (Phi) is 4.69. The molecule has 0 radical (unpaired) electrons. The number of aromatic nitrogens is 2. The lowest BCUT2D eigenvalue weighted by Crippen LogP contribution is -2.20. The van der Waals surface area contributed by atoms with Gasteiger partial charge >= 0.3 is 5.63 Å². The minimum Gasteiger partial charge on any atom is -0.423 e. The molecule has 3 aromatic heterocycles. The van der Waals surface area contributed by atoms with E-state index in [1.165, 1.54) is 28.6 Å². The number of fused-ring (bicyclic) bond motifs is 6. The van der Waals surface area contributed by atoms with Crippen LogP contribution in [0.4, 0.5) is 0 Å². The number of thioether (sulfide) groups is 1. The van der Waals surface area contributed by atoms with Crippen LogP contribution in [0.3, 0.4) is 0 Å². The monoisotopic (exact) mass is 460 g/mol. The second-order valence-corrected chi connectivity index (χ2v) is 10.2. The van der Waals surface area contributed by atoms with Crippen LogP contribution >= 0.6 is 23.1 Å². The average Bonchev–Trinajstić information content (AvgIpc) is 3.18. The highest BCUT2D eigenvalue weighted by Crippen LogP contribution is 2.35. The third-order valence-electron chi connectivity index (χ3n) is 6.23. The molecule has 6 rings (SSSR count). The van der Waals surface area contributed by atoms with Gasteiger partial charge in [-0.15, -0.1) is 11.3 Å². The summed E-state index contributed by atoms with van der Waals surface area (Å²) in [6.07, 6.45) is 4.33. The van der Waals surface area contributed by atoms with E-state index < -0.39 is 0 Å². The minimum absolute atomic E-state index is 0.0276. The van der Waals surface area contributed by atoms with Gasteiger partial charge in [0.1, 0.15) is 10.4 Å². The topological polar surface area (TPSA) is 65.1 Å². The van der Waals surface area contributed by atoms with E-state index >= 15 is 0 Å². The molecule has 160 valence electrons. The Labute approximate surface area is 191 Å². The van der Waals surface area contributed by atoms with Crippen molar-refractivity contribution in [2.45, 2.75) is 36.6 Å². The molecule has 0 saturated heterocycles. The number of benzene rings is 2. The van der Waals surface area contributed by atoms with Gasteiger partial charge in [-0.3, -0.25) is 9.36 Å². The summed E-state index contributed by atoms with van der Waals surface area (Å²) < 4.78 is 7.13. The average molecular weight is 461 g/mol. The summed E-state index contributed by atoms with van der Waals surface area (Å²) in [5, 5.41) is 4.55. The highest BCUT2D eigenvalue weighted by molar-refractivity contribution is 7.98. The van der Waals surface area contributed by atoms with Crippen molar-refractivity contribution in [2.24, 2.45) is 7.05 Å². The van der Waals surface area contributed by atoms with Crippen molar-refractivity contribution in [3.8, 4) is 0 Å². The summed E-state index contributed by atoms with van der Waals surface area (Å²) in [5.74, 6) is 0.521. The van der Waals surface area contributed by atoms with Gasteiger partial charge in [-0.1, -0.05) is 42.1 Å². The molecule has 0 N–H and O–H groups in total. The molecule has 32 heavy (non-hydrogen) atoms. The maximum Gasteiger partial charge on any atom is 0.336 e. The lowest BCUT2D eigenvalue weighted by molar-refractivity contribution is 0.560. The van der Waals surface area contributed by atoms with Gasteiger partial charge in [-0.25, -0.2) is 9.78 Å². The number of rotatable bonds is 3. The van der Waals surface area contributed by atoms with Gasteiger partial charge in [0.25, 0.3) is 5.56 Å². The van der Waals surface area contributed by atoms with E-state index in [2.05, 4.69) is 6.07 Å². The van der Waals surface area contributed by atoms with Gasteiger partial charge in [0.05, 0.1) is 5.39 Å². The molecule has 0 atom stereocenters. The molecular formula is C25H20N2O3S2. The van der Waals surface area contributed by atoms with Gasteiger partial charge in [0, 0.05) is 29.1 Å². The first-order valence-corrected chi connectivity index (χ1v) is 12.5. The van der Waals surface area contributed by atoms with E-state index in [9.17, 15) is 9.59 Å². The summed E-state index contributed by atoms with van der Waals surface area (Å²) in [4.78, 5) is 32.4. The minimum atomic E-state index is -0.369. The lowest BCUT2D eigenvalue weighted by Gasteiger charge is -2.11. The van der Waals surface area contributed by atoms with Crippen LogP contribution in [0.25, 0.3) is 32.0 Å². The molecule has 1 aliphatic carbocycles. The van der Waals surface area contributed by atoms with Crippen molar-refractivity contribution < 1.29 is 4.42 Å². The zero-order chi connectivity index (χ0) is 21.8. The molecule has 1 aliphatic rings. The van der Waals surface area contributed by atoms with Crippen LogP contribution in [-0.4, -0.2) is 9.55 Å². The van der Waals surface area contributed by atoms with Crippen LogP contribution in [0.5, 0.6) is 0 Å². The maximum atomic E-state index is 13.2. The fourth-order valence-electron chi connectivity index (χ4n) is 4.67. The summed E-state index contributed by atoms with van der Waals surface area (Å²) in [6.45, 7) is 0. The van der Waals surface area contributed by atoms with Gasteiger partial charge in [0.15, 0.2) is 5.16 Å². The fraction of sp³-hybridized carbons (Fsp3) is 0.240. The molecule has 0 amide bonds. The second kappa shape index (κ2) is 7.60. The van der Waals surface area contributed by atoms with Crippen LogP contribution in [0, 0.1) is 0 Å². The van der Waals surface area contributed by atoms with Gasteiger partial charge in [0.2, 0.25) is 0 Å². The molecule has 7 heteroatoms. The summed E-state index contributed by atoms with van der Waals surface area (Å²) in [7, 11) is 1.79. The molecule has 5 nitrogen and oxygen atoms in total. The van der Waals surface area contributed by atoms with Crippen molar-refractivity contribution in [2.75, 3.05) is 0 Å². The Morgan fingerprint density at radius 2 is 1.94 bits per heavy atom. The number of thiophene rings is 1. The third-order valence-corrected chi connectivity index (χ3v) is 8.49. The molecule has 2 aromatic carbocycles. The van der Waals surface area contributed by atoms with Crippen LogP contribution in [-0.2, 0) is 25.6 Å². The van der Waals surface area contributed by atoms with E-state index in [1.807, 2.05) is 30.3 Å². The Morgan fingerprint density at radius 1 is 1.09 bits per heavy atom. The molecular weight excluding hydrogens is 440 g/mol. The number of hydrogen-bond acceptors (Lipinski definition) is 6. The highest BCUT2D eigenvalue weighted by atomic mass is 32.2. The van der Waals surface area contributed by atoms with Crippen molar-refractivity contribution in [3.05, 3.63) is 79.2 Å². The van der Waals surface area contributed by atoms with Crippen LogP contribution in [0.1, 0.15) is 28.8 Å². The van der Waals surface area contributed by atoms with Gasteiger partial charge in [-0.2, -0.15) is 0 Å². The molecule has 0 saturated carbocycles. The predicted molar refractivity (Wildman–Crippen MR) is 131 cm³/mol. The zero-order valence-corrected chi connectivity index (χ0v) is 19.1. The van der Waals surface area contributed by atoms with E-state index in [0.29, 0.717) is 16.5 Å². The first kappa shape index (κ1) is 19.8. The molecule has 0 unspecified atom stereocenters. The molecule has 3 heterocycles. The van der Waals surface area contributed by atoms with E-state index in [0.717, 1.165) is 51.2 Å². The number of aryl methyl sites for hydroxylation is 2. The largest absolute Gasteiger partial charge is 0.423 e. The van der Waals surface area contributed by atoms with Crippen molar-refractivity contribution in [3.63, 3.8) is 0 Å². The van der Waals surface area contributed by atoms with Gasteiger partial charge in [-0.05, 0) is 53.6 Å². The molecule has 5 aromatic rings. The lowest BCUT2D eigenvalue weighted by atomic mass is 9.97. The van der Waals surface area contributed by atoms with E-state index in [4.69, 9.17) is 9.40 Å². The van der Waals surface area contributed by atoms with Crippen LogP contribution in [0.15, 0.2) is 61.6 Å². The maximum absolute atomic E-state index is 13.2. The Hall–Kier alpha value is -2.90. The fourth-order valence-corrected chi connectivity index (χ4v) is 6.93. The first-order chi connectivity index (χ1) is 15.6. The summed E-state index contributed by atoms with van der Waals surface area (Å²) in [6, 6.07) is 13.5. The van der Waals surface area contributed by atoms with Crippen LogP contribution in [0.2, 0.25) is 0 Å². The smallest absolute Gasteiger partial charge is 0.336 e. The molecule has 0 aliphatic heterocycles. The highest BCUT2D eigenvalue weighted by Gasteiger charge is 2.21. The molecule has 0 fully saturated rings. The number of nitrogens with zero attached hydrogens (tertiary/aromatic N) is 2. The second-order valence-electron chi connectivity index (χ2n) is 8.19. The van der Waals surface area contributed by atoms with Crippen LogP contribution < -0.4 is 11.2 Å². The normalized spacial score (nSPS) is 13.8. The first-order valence-electron chi connectivity index (χ1n) is 10.7. The molecule has 0 bridgehead atoms. The SMILES string of the molecule is Cn1c(SCc2cc(=O)oc3ccc4ccccc4c23)nc2sc3c(c2c1=O)CCCC3. The zero-order valence-electron chi connectivity index (χ0n) is 17.5. The van der Waals surface area contributed by atoms with Gasteiger partial charge < -0.3 is 4.42 Å².